The molecule has 3 rings (SSSR count). The number of benzene rings is 2. The summed E-state index contributed by atoms with van der Waals surface area (Å²) in [5, 5.41) is 13.0. The highest BCUT2D eigenvalue weighted by atomic mass is 19.1. The number of carbonyl (C=O) groups excluding carboxylic acids is 1. The lowest BCUT2D eigenvalue weighted by molar-refractivity contribution is -0.122. The second-order valence-electron chi connectivity index (χ2n) is 6.28. The predicted molar refractivity (Wildman–Crippen MR) is 89.7 cm³/mol. The van der Waals surface area contributed by atoms with Gasteiger partial charge in [0.2, 0.25) is 5.91 Å². The first kappa shape index (κ1) is 16.6. The number of halogens is 1. The van der Waals surface area contributed by atoms with Crippen LogP contribution in [-0.4, -0.2) is 23.2 Å². The minimum Gasteiger partial charge on any atom is -0.390 e. The fourth-order valence-corrected chi connectivity index (χ4v) is 3.24. The molecular weight excluding hydrogens is 307 g/mol. The molecule has 24 heavy (non-hydrogen) atoms. The van der Waals surface area contributed by atoms with Gasteiger partial charge in [-0.15, -0.1) is 0 Å². The number of rotatable bonds is 5. The van der Waals surface area contributed by atoms with Gasteiger partial charge in [0.05, 0.1) is 12.1 Å². The van der Waals surface area contributed by atoms with Gasteiger partial charge in [0.15, 0.2) is 0 Å². The van der Waals surface area contributed by atoms with E-state index < -0.39 is 18.2 Å². The minimum atomic E-state index is -0.630. The van der Waals surface area contributed by atoms with Crippen molar-refractivity contribution >= 4 is 5.91 Å². The monoisotopic (exact) mass is 328 g/mol. The number of aliphatic hydroxyl groups is 1. The minimum absolute atomic E-state index is 0.0831. The maximum atomic E-state index is 13.6. The van der Waals surface area contributed by atoms with Crippen LogP contribution in [0.4, 0.5) is 4.39 Å². The molecule has 0 aliphatic heterocycles. The van der Waals surface area contributed by atoms with Gasteiger partial charge in [-0.2, -0.15) is 0 Å². The molecule has 2 aromatic rings. The van der Waals surface area contributed by atoms with E-state index in [-0.39, 0.29) is 18.1 Å². The largest absolute Gasteiger partial charge is 0.390 e. The van der Waals surface area contributed by atoms with Crippen LogP contribution < -0.4 is 11.1 Å². The molecule has 0 saturated carbocycles. The van der Waals surface area contributed by atoms with Crippen LogP contribution in [0.15, 0.2) is 48.5 Å². The molecule has 0 heterocycles. The van der Waals surface area contributed by atoms with Crippen molar-refractivity contribution < 1.29 is 14.3 Å². The number of hydrogen-bond acceptors (Lipinski definition) is 3. The van der Waals surface area contributed by atoms with Crippen LogP contribution in [0.5, 0.6) is 0 Å². The molecule has 1 aliphatic carbocycles. The SMILES string of the molecule is N[C@@H](CC(=O)N[C@H]1c2ccccc2C[C@H]1O)Cc1ccccc1F. The Labute approximate surface area is 140 Å². The second-order valence-corrected chi connectivity index (χ2v) is 6.28. The Kier molecular flexibility index (Phi) is 4.92. The van der Waals surface area contributed by atoms with Crippen molar-refractivity contribution in [3.63, 3.8) is 0 Å². The number of fused-ring (bicyclic) bond motifs is 1. The summed E-state index contributed by atoms with van der Waals surface area (Å²) in [5.74, 6) is -0.548. The Balaban J connectivity index is 1.59. The molecule has 0 spiro atoms. The molecule has 4 N–H and O–H groups in total. The number of nitrogens with two attached hydrogens (primary N) is 1. The number of carbonyl (C=O) groups is 1. The third kappa shape index (κ3) is 3.63. The number of aliphatic hydroxyl groups excluding tert-OH is 1. The summed E-state index contributed by atoms with van der Waals surface area (Å²) in [6.07, 6.45) is 0.278. The lowest BCUT2D eigenvalue weighted by Crippen LogP contribution is -2.38. The smallest absolute Gasteiger partial charge is 0.222 e. The van der Waals surface area contributed by atoms with Gasteiger partial charge in [-0.3, -0.25) is 4.79 Å². The zero-order valence-corrected chi connectivity index (χ0v) is 13.3. The molecule has 4 nitrogen and oxygen atoms in total. The first-order valence-electron chi connectivity index (χ1n) is 8.09. The van der Waals surface area contributed by atoms with Crippen LogP contribution in [0.25, 0.3) is 0 Å². The van der Waals surface area contributed by atoms with Crippen molar-refractivity contribution in [2.45, 2.75) is 37.5 Å². The van der Waals surface area contributed by atoms with Crippen LogP contribution in [0.2, 0.25) is 0 Å². The fourth-order valence-electron chi connectivity index (χ4n) is 3.24. The molecule has 0 fully saturated rings. The Morgan fingerprint density at radius 1 is 1.25 bits per heavy atom. The lowest BCUT2D eigenvalue weighted by Gasteiger charge is -2.19. The average Bonchev–Trinajstić information content (AvgIpc) is 2.85. The van der Waals surface area contributed by atoms with Crippen LogP contribution in [0.1, 0.15) is 29.2 Å². The molecular formula is C19H21FN2O2. The van der Waals surface area contributed by atoms with Gasteiger partial charge < -0.3 is 16.2 Å². The van der Waals surface area contributed by atoms with Crippen molar-refractivity contribution in [2.75, 3.05) is 0 Å². The van der Waals surface area contributed by atoms with E-state index in [1.165, 1.54) is 6.07 Å². The van der Waals surface area contributed by atoms with Gasteiger partial charge in [-0.05, 0) is 29.2 Å². The van der Waals surface area contributed by atoms with Crippen LogP contribution in [-0.2, 0) is 17.6 Å². The standard InChI is InChI=1S/C19H21FN2O2/c20-16-8-4-2-6-13(16)9-14(21)11-18(24)22-19-15-7-3-1-5-12(15)10-17(19)23/h1-8,14,17,19,23H,9-11,21H2,(H,22,24)/t14-,17-,19+/m1/s1. The van der Waals surface area contributed by atoms with Gasteiger partial charge in [-0.25, -0.2) is 4.39 Å². The number of amides is 1. The summed E-state index contributed by atoms with van der Waals surface area (Å²) in [5.41, 5.74) is 8.49. The molecule has 1 amide bonds. The highest BCUT2D eigenvalue weighted by molar-refractivity contribution is 5.77. The first-order valence-corrected chi connectivity index (χ1v) is 8.09. The lowest BCUT2D eigenvalue weighted by atomic mass is 10.0. The molecule has 5 heteroatoms. The molecule has 0 saturated heterocycles. The van der Waals surface area contributed by atoms with Gasteiger partial charge in [0.25, 0.3) is 0 Å². The number of nitrogens with one attached hydrogen (secondary N) is 1. The van der Waals surface area contributed by atoms with Gasteiger partial charge in [-0.1, -0.05) is 42.5 Å². The van der Waals surface area contributed by atoms with E-state index in [9.17, 15) is 14.3 Å². The summed E-state index contributed by atoms with van der Waals surface area (Å²) in [6.45, 7) is 0. The van der Waals surface area contributed by atoms with Crippen LogP contribution in [0, 0.1) is 5.82 Å². The Morgan fingerprint density at radius 2 is 1.96 bits per heavy atom. The average molecular weight is 328 g/mol. The zero-order valence-electron chi connectivity index (χ0n) is 13.3. The quantitative estimate of drug-likeness (QED) is 0.784. The van der Waals surface area contributed by atoms with Crippen molar-refractivity contribution in [1.82, 2.24) is 5.32 Å². The van der Waals surface area contributed by atoms with E-state index in [1.54, 1.807) is 18.2 Å². The van der Waals surface area contributed by atoms with Gasteiger partial charge in [0, 0.05) is 18.9 Å². The number of hydrogen-bond donors (Lipinski definition) is 3. The molecule has 0 aromatic heterocycles. The molecule has 0 bridgehead atoms. The summed E-state index contributed by atoms with van der Waals surface area (Å²) < 4.78 is 13.6. The Bertz CT molecular complexity index is 735. The molecule has 1 aliphatic rings. The molecule has 3 atom stereocenters. The summed E-state index contributed by atoms with van der Waals surface area (Å²) in [7, 11) is 0. The molecule has 2 aromatic carbocycles. The third-order valence-electron chi connectivity index (χ3n) is 4.41. The van der Waals surface area contributed by atoms with E-state index in [1.807, 2.05) is 24.3 Å². The Hall–Kier alpha value is -2.24. The predicted octanol–water partition coefficient (Wildman–Crippen LogP) is 1.86. The highest BCUT2D eigenvalue weighted by Gasteiger charge is 2.32. The topological polar surface area (TPSA) is 75.4 Å². The first-order chi connectivity index (χ1) is 11.5. The summed E-state index contributed by atoms with van der Waals surface area (Å²) >= 11 is 0. The normalized spacial score (nSPS) is 20.5. The summed E-state index contributed by atoms with van der Waals surface area (Å²) in [4.78, 5) is 12.2. The second kappa shape index (κ2) is 7.11. The van der Waals surface area contributed by atoms with Crippen LogP contribution >= 0.6 is 0 Å². The van der Waals surface area contributed by atoms with Crippen molar-refractivity contribution in [2.24, 2.45) is 5.73 Å². The van der Waals surface area contributed by atoms with Gasteiger partial charge >= 0.3 is 0 Å². The van der Waals surface area contributed by atoms with E-state index in [2.05, 4.69) is 5.32 Å². The zero-order chi connectivity index (χ0) is 17.1. The van der Waals surface area contributed by atoms with Crippen molar-refractivity contribution in [3.8, 4) is 0 Å². The molecule has 126 valence electrons. The van der Waals surface area contributed by atoms with Crippen molar-refractivity contribution in [1.29, 1.82) is 0 Å². The molecule has 0 radical (unpaired) electrons. The Morgan fingerprint density at radius 3 is 2.75 bits per heavy atom. The van der Waals surface area contributed by atoms with Crippen molar-refractivity contribution in [3.05, 3.63) is 71.0 Å². The maximum absolute atomic E-state index is 13.6. The molecule has 0 unspecified atom stereocenters. The van der Waals surface area contributed by atoms with E-state index in [0.29, 0.717) is 18.4 Å². The van der Waals surface area contributed by atoms with E-state index in [0.717, 1.165) is 11.1 Å². The highest BCUT2D eigenvalue weighted by Crippen LogP contribution is 2.31. The maximum Gasteiger partial charge on any atom is 0.222 e. The van der Waals surface area contributed by atoms with Gasteiger partial charge in [0.1, 0.15) is 5.82 Å². The third-order valence-corrected chi connectivity index (χ3v) is 4.41. The fraction of sp³-hybridized carbons (Fsp3) is 0.316. The van der Waals surface area contributed by atoms with E-state index >= 15 is 0 Å². The van der Waals surface area contributed by atoms with Crippen LogP contribution in [0.3, 0.4) is 0 Å². The summed E-state index contributed by atoms with van der Waals surface area (Å²) in [6, 6.07) is 13.2. The van der Waals surface area contributed by atoms with E-state index in [4.69, 9.17) is 5.73 Å².